The van der Waals surface area contributed by atoms with Gasteiger partial charge in [0.15, 0.2) is 11.6 Å². The zero-order chi connectivity index (χ0) is 13.8. The number of rotatable bonds is 4. The molecule has 6 heteroatoms. The Labute approximate surface area is 114 Å². The largest absolute Gasteiger partial charge is 0.504 e. The van der Waals surface area contributed by atoms with Crippen LogP contribution in [0.3, 0.4) is 0 Å². The Kier molecular flexibility index (Phi) is 3.87. The van der Waals surface area contributed by atoms with E-state index in [1.807, 2.05) is 6.07 Å². The minimum Gasteiger partial charge on any atom is -0.504 e. The first-order valence-electron chi connectivity index (χ1n) is 5.47. The molecule has 1 aromatic heterocycles. The first-order chi connectivity index (χ1) is 9.06. The van der Waals surface area contributed by atoms with Crippen molar-refractivity contribution in [3.8, 4) is 16.9 Å². The van der Waals surface area contributed by atoms with Crippen LogP contribution in [-0.4, -0.2) is 27.7 Å². The minimum atomic E-state index is -1.03. The number of benzene rings is 1. The van der Waals surface area contributed by atoms with Crippen molar-refractivity contribution in [3.63, 3.8) is 0 Å². The van der Waals surface area contributed by atoms with Crippen molar-refractivity contribution < 1.29 is 15.0 Å². The first-order valence-corrected chi connectivity index (χ1v) is 5.84. The number of nitrogens with zero attached hydrogens (tertiary/aromatic N) is 1. The van der Waals surface area contributed by atoms with Crippen molar-refractivity contribution in [2.24, 2.45) is 0 Å². The van der Waals surface area contributed by atoms with Crippen molar-refractivity contribution >= 4 is 23.4 Å². The standard InChI is InChI=1S/C13H11ClN2O3/c14-10-3-1-2-8(4-10)9-5-11(17)13(15-6-9)16-7-12(18)19/h1-6,17H,7H2,(H,15,16)(H,18,19). The summed E-state index contributed by atoms with van der Waals surface area (Å²) >= 11 is 5.89. The molecule has 0 aliphatic carbocycles. The summed E-state index contributed by atoms with van der Waals surface area (Å²) in [6.07, 6.45) is 1.54. The van der Waals surface area contributed by atoms with Crippen LogP contribution >= 0.6 is 11.6 Å². The van der Waals surface area contributed by atoms with Crippen LogP contribution in [0, 0.1) is 0 Å². The lowest BCUT2D eigenvalue weighted by Crippen LogP contribution is -2.13. The van der Waals surface area contributed by atoms with Gasteiger partial charge in [0.1, 0.15) is 6.54 Å². The van der Waals surface area contributed by atoms with Crippen LogP contribution in [0.5, 0.6) is 5.75 Å². The molecule has 1 heterocycles. The zero-order valence-corrected chi connectivity index (χ0v) is 10.6. The van der Waals surface area contributed by atoms with Crippen LogP contribution in [0.25, 0.3) is 11.1 Å². The molecule has 0 unspecified atom stereocenters. The van der Waals surface area contributed by atoms with Gasteiger partial charge in [0.2, 0.25) is 0 Å². The number of nitrogens with one attached hydrogen (secondary N) is 1. The molecule has 0 saturated carbocycles. The molecule has 5 nitrogen and oxygen atoms in total. The van der Waals surface area contributed by atoms with E-state index in [2.05, 4.69) is 10.3 Å². The summed E-state index contributed by atoms with van der Waals surface area (Å²) in [5.41, 5.74) is 1.51. The number of hydrogen-bond acceptors (Lipinski definition) is 4. The molecule has 0 atom stereocenters. The fourth-order valence-electron chi connectivity index (χ4n) is 1.57. The van der Waals surface area contributed by atoms with E-state index in [1.54, 1.807) is 18.2 Å². The number of hydrogen-bond donors (Lipinski definition) is 3. The first kappa shape index (κ1) is 13.2. The molecule has 0 bridgehead atoms. The van der Waals surface area contributed by atoms with E-state index in [0.29, 0.717) is 10.6 Å². The number of aliphatic carboxylic acids is 1. The van der Waals surface area contributed by atoms with Gasteiger partial charge in [-0.3, -0.25) is 4.79 Å². The Balaban J connectivity index is 2.26. The van der Waals surface area contributed by atoms with E-state index in [0.717, 1.165) is 5.56 Å². The van der Waals surface area contributed by atoms with Crippen molar-refractivity contribution in [1.29, 1.82) is 0 Å². The number of halogens is 1. The van der Waals surface area contributed by atoms with Crippen molar-refractivity contribution in [2.45, 2.75) is 0 Å². The SMILES string of the molecule is O=C(O)CNc1ncc(-c2cccc(Cl)c2)cc1O. The van der Waals surface area contributed by atoms with Gasteiger partial charge in [-0.05, 0) is 23.8 Å². The highest BCUT2D eigenvalue weighted by Crippen LogP contribution is 2.28. The Hall–Kier alpha value is -2.27. The number of aromatic hydroxyl groups is 1. The molecule has 19 heavy (non-hydrogen) atoms. The highest BCUT2D eigenvalue weighted by Gasteiger charge is 2.07. The molecule has 0 amide bonds. The minimum absolute atomic E-state index is 0.112. The Bertz CT molecular complexity index is 617. The number of pyridine rings is 1. The molecule has 0 radical (unpaired) electrons. The van der Waals surface area contributed by atoms with Gasteiger partial charge in [0.05, 0.1) is 0 Å². The number of carboxylic acid groups (broad SMARTS) is 1. The Morgan fingerprint density at radius 1 is 1.32 bits per heavy atom. The molecule has 0 aliphatic rings. The van der Waals surface area contributed by atoms with Crippen molar-refractivity contribution in [3.05, 3.63) is 41.6 Å². The van der Waals surface area contributed by atoms with Gasteiger partial charge in [-0.1, -0.05) is 23.7 Å². The van der Waals surface area contributed by atoms with E-state index < -0.39 is 5.97 Å². The molecule has 0 saturated heterocycles. The second-order valence-corrected chi connectivity index (χ2v) is 4.29. The number of carboxylic acids is 1. The third kappa shape index (κ3) is 3.35. The van der Waals surface area contributed by atoms with Crippen LogP contribution < -0.4 is 5.32 Å². The van der Waals surface area contributed by atoms with Gasteiger partial charge in [-0.2, -0.15) is 0 Å². The third-order valence-electron chi connectivity index (χ3n) is 2.43. The third-order valence-corrected chi connectivity index (χ3v) is 2.67. The molecule has 0 spiro atoms. The topological polar surface area (TPSA) is 82.5 Å². The maximum Gasteiger partial charge on any atom is 0.322 e. The molecule has 3 N–H and O–H groups in total. The van der Waals surface area contributed by atoms with E-state index in [4.69, 9.17) is 16.7 Å². The monoisotopic (exact) mass is 278 g/mol. The summed E-state index contributed by atoms with van der Waals surface area (Å²) in [5, 5.41) is 21.4. The number of carbonyl (C=O) groups is 1. The summed E-state index contributed by atoms with van der Waals surface area (Å²) in [5.74, 6) is -1.01. The summed E-state index contributed by atoms with van der Waals surface area (Å²) in [7, 11) is 0. The zero-order valence-electron chi connectivity index (χ0n) is 9.80. The summed E-state index contributed by atoms with van der Waals surface area (Å²) < 4.78 is 0. The molecule has 98 valence electrons. The molecule has 2 aromatic rings. The van der Waals surface area contributed by atoms with Gasteiger partial charge in [0.25, 0.3) is 0 Å². The van der Waals surface area contributed by atoms with Gasteiger partial charge in [-0.25, -0.2) is 4.98 Å². The van der Waals surface area contributed by atoms with Gasteiger partial charge in [0, 0.05) is 16.8 Å². The summed E-state index contributed by atoms with van der Waals surface area (Å²) in [4.78, 5) is 14.4. The fourth-order valence-corrected chi connectivity index (χ4v) is 1.76. The van der Waals surface area contributed by atoms with Crippen LogP contribution in [-0.2, 0) is 4.79 Å². The molecule has 1 aromatic carbocycles. The van der Waals surface area contributed by atoms with Gasteiger partial charge in [-0.15, -0.1) is 0 Å². The normalized spacial score (nSPS) is 10.2. The van der Waals surface area contributed by atoms with Gasteiger partial charge < -0.3 is 15.5 Å². The van der Waals surface area contributed by atoms with Crippen LogP contribution in [0.15, 0.2) is 36.5 Å². The summed E-state index contributed by atoms with van der Waals surface area (Å²) in [6.45, 7) is -0.308. The van der Waals surface area contributed by atoms with Gasteiger partial charge >= 0.3 is 5.97 Å². The molecule has 2 rings (SSSR count). The predicted molar refractivity (Wildman–Crippen MR) is 72.5 cm³/mol. The lowest BCUT2D eigenvalue weighted by atomic mass is 10.1. The average molecular weight is 279 g/mol. The molecule has 0 aliphatic heterocycles. The predicted octanol–water partition coefficient (Wildman–Crippen LogP) is 2.60. The summed E-state index contributed by atoms with van der Waals surface area (Å²) in [6, 6.07) is 8.64. The maximum atomic E-state index is 10.4. The van der Waals surface area contributed by atoms with E-state index >= 15 is 0 Å². The highest BCUT2D eigenvalue weighted by atomic mass is 35.5. The Morgan fingerprint density at radius 3 is 2.74 bits per heavy atom. The molecular weight excluding hydrogens is 268 g/mol. The van der Waals surface area contributed by atoms with Crippen molar-refractivity contribution in [2.75, 3.05) is 11.9 Å². The highest BCUT2D eigenvalue weighted by molar-refractivity contribution is 6.30. The number of aromatic nitrogens is 1. The smallest absolute Gasteiger partial charge is 0.322 e. The molecular formula is C13H11ClN2O3. The lowest BCUT2D eigenvalue weighted by molar-refractivity contribution is -0.134. The molecule has 0 fully saturated rings. The quantitative estimate of drug-likeness (QED) is 0.801. The fraction of sp³-hybridized carbons (Fsp3) is 0.0769. The van der Waals surface area contributed by atoms with Crippen LogP contribution in [0.4, 0.5) is 5.82 Å². The van der Waals surface area contributed by atoms with Crippen LogP contribution in [0.1, 0.15) is 0 Å². The van der Waals surface area contributed by atoms with E-state index in [9.17, 15) is 9.90 Å². The van der Waals surface area contributed by atoms with Crippen molar-refractivity contribution in [1.82, 2.24) is 4.98 Å². The average Bonchev–Trinajstić information content (AvgIpc) is 2.37. The van der Waals surface area contributed by atoms with E-state index in [1.165, 1.54) is 12.3 Å². The Morgan fingerprint density at radius 2 is 2.11 bits per heavy atom. The second-order valence-electron chi connectivity index (χ2n) is 3.85. The maximum absolute atomic E-state index is 10.4. The van der Waals surface area contributed by atoms with E-state index in [-0.39, 0.29) is 18.1 Å². The lowest BCUT2D eigenvalue weighted by Gasteiger charge is -2.07. The second kappa shape index (κ2) is 5.58. The number of anilines is 1. The van der Waals surface area contributed by atoms with Crippen LogP contribution in [0.2, 0.25) is 5.02 Å².